The number of aromatic nitrogens is 1. The highest BCUT2D eigenvalue weighted by Gasteiger charge is 2.22. The fourth-order valence-electron chi connectivity index (χ4n) is 1.51. The minimum absolute atomic E-state index is 0.0573. The molecule has 2 unspecified atom stereocenters. The lowest BCUT2D eigenvalue weighted by atomic mass is 10.1. The number of oxazole rings is 1. The molecular formula is C11H12ClFN2O2. The standard InChI is InChI=1S/C11H12ClFN2O2/c1-2-7(14)9(16)11-15-8-4-5(13)3-6(12)10(8)17-11/h3-4,7,9,16H,2,14H2,1H3. The summed E-state index contributed by atoms with van der Waals surface area (Å²) >= 11 is 5.81. The van der Waals surface area contributed by atoms with Crippen LogP contribution in [0.1, 0.15) is 25.3 Å². The van der Waals surface area contributed by atoms with Crippen LogP contribution in [-0.4, -0.2) is 16.1 Å². The molecule has 0 aliphatic carbocycles. The first-order valence-corrected chi connectivity index (χ1v) is 5.59. The van der Waals surface area contributed by atoms with Crippen molar-refractivity contribution in [1.29, 1.82) is 0 Å². The van der Waals surface area contributed by atoms with Crippen LogP contribution in [0.15, 0.2) is 16.5 Å². The average Bonchev–Trinajstić information content (AvgIpc) is 2.70. The molecule has 0 saturated carbocycles. The fourth-order valence-corrected chi connectivity index (χ4v) is 1.75. The number of fused-ring (bicyclic) bond motifs is 1. The van der Waals surface area contributed by atoms with Crippen LogP contribution in [0.3, 0.4) is 0 Å². The minimum atomic E-state index is -1.02. The second-order valence-electron chi connectivity index (χ2n) is 3.80. The molecule has 0 amide bonds. The Morgan fingerprint density at radius 2 is 2.29 bits per heavy atom. The molecule has 3 N–H and O–H groups in total. The van der Waals surface area contributed by atoms with Gasteiger partial charge >= 0.3 is 0 Å². The Hall–Kier alpha value is -1.17. The Kier molecular flexibility index (Phi) is 3.33. The molecule has 0 saturated heterocycles. The van der Waals surface area contributed by atoms with Crippen molar-refractivity contribution in [3.63, 3.8) is 0 Å². The highest BCUT2D eigenvalue weighted by molar-refractivity contribution is 6.34. The molecule has 0 aliphatic heterocycles. The van der Waals surface area contributed by atoms with Crippen LogP contribution in [0.4, 0.5) is 4.39 Å². The molecule has 0 aliphatic rings. The van der Waals surface area contributed by atoms with Crippen molar-refractivity contribution in [1.82, 2.24) is 4.98 Å². The maximum Gasteiger partial charge on any atom is 0.226 e. The molecule has 6 heteroatoms. The van der Waals surface area contributed by atoms with Gasteiger partial charge in [0.2, 0.25) is 5.89 Å². The summed E-state index contributed by atoms with van der Waals surface area (Å²) in [6.07, 6.45) is -0.450. The monoisotopic (exact) mass is 258 g/mol. The third-order valence-electron chi connectivity index (χ3n) is 2.56. The first-order valence-electron chi connectivity index (χ1n) is 5.22. The van der Waals surface area contributed by atoms with Gasteiger partial charge in [0.25, 0.3) is 0 Å². The van der Waals surface area contributed by atoms with Gasteiger partial charge in [-0.3, -0.25) is 0 Å². The molecule has 0 fully saturated rings. The number of hydrogen-bond acceptors (Lipinski definition) is 4. The zero-order chi connectivity index (χ0) is 12.6. The average molecular weight is 259 g/mol. The van der Waals surface area contributed by atoms with E-state index < -0.39 is 18.0 Å². The Labute approximate surface area is 102 Å². The Morgan fingerprint density at radius 1 is 1.59 bits per heavy atom. The summed E-state index contributed by atoms with van der Waals surface area (Å²) in [6.45, 7) is 1.84. The van der Waals surface area contributed by atoms with Crippen LogP contribution in [0, 0.1) is 5.82 Å². The summed E-state index contributed by atoms with van der Waals surface area (Å²) in [4.78, 5) is 3.98. The predicted octanol–water partition coefficient (Wildman–Crippen LogP) is 2.39. The lowest BCUT2D eigenvalue weighted by molar-refractivity contribution is 0.116. The van der Waals surface area contributed by atoms with Crippen LogP contribution in [0.5, 0.6) is 0 Å². The molecule has 92 valence electrons. The molecule has 4 nitrogen and oxygen atoms in total. The van der Waals surface area contributed by atoms with Crippen LogP contribution in [0.25, 0.3) is 11.1 Å². The number of nitrogens with zero attached hydrogens (tertiary/aromatic N) is 1. The van der Waals surface area contributed by atoms with E-state index in [0.717, 1.165) is 6.07 Å². The molecule has 0 bridgehead atoms. The van der Waals surface area contributed by atoms with E-state index in [2.05, 4.69) is 4.98 Å². The van der Waals surface area contributed by atoms with Gasteiger partial charge in [0.1, 0.15) is 17.4 Å². The number of halogens is 2. The summed E-state index contributed by atoms with van der Waals surface area (Å²) in [6, 6.07) is 1.84. The van der Waals surface area contributed by atoms with Crippen LogP contribution in [0.2, 0.25) is 5.02 Å². The van der Waals surface area contributed by atoms with Crippen LogP contribution < -0.4 is 5.73 Å². The molecule has 1 aromatic heterocycles. The van der Waals surface area contributed by atoms with Gasteiger partial charge in [0, 0.05) is 12.1 Å². The zero-order valence-electron chi connectivity index (χ0n) is 9.15. The lowest BCUT2D eigenvalue weighted by Gasteiger charge is -2.12. The van der Waals surface area contributed by atoms with E-state index >= 15 is 0 Å². The minimum Gasteiger partial charge on any atom is -0.436 e. The van der Waals surface area contributed by atoms with E-state index in [1.165, 1.54) is 6.07 Å². The maximum absolute atomic E-state index is 13.1. The van der Waals surface area contributed by atoms with E-state index in [1.807, 2.05) is 6.92 Å². The second kappa shape index (κ2) is 4.60. The summed E-state index contributed by atoms with van der Waals surface area (Å²) in [5.41, 5.74) is 6.21. The number of aliphatic hydroxyl groups is 1. The number of nitrogens with two attached hydrogens (primary N) is 1. The van der Waals surface area contributed by atoms with Crippen LogP contribution in [-0.2, 0) is 0 Å². The molecule has 2 rings (SSSR count). The van der Waals surface area contributed by atoms with E-state index in [-0.39, 0.29) is 22.0 Å². The molecular weight excluding hydrogens is 247 g/mol. The number of aliphatic hydroxyl groups excluding tert-OH is 1. The van der Waals surface area contributed by atoms with Crippen molar-refractivity contribution in [2.75, 3.05) is 0 Å². The van der Waals surface area contributed by atoms with Gasteiger partial charge in [-0.1, -0.05) is 18.5 Å². The molecule has 0 radical (unpaired) electrons. The highest BCUT2D eigenvalue weighted by Crippen LogP contribution is 2.28. The van der Waals surface area contributed by atoms with Crippen molar-refractivity contribution in [3.05, 3.63) is 28.9 Å². The Bertz CT molecular complexity index is 543. The SMILES string of the molecule is CCC(N)C(O)c1nc2cc(F)cc(Cl)c2o1. The lowest BCUT2D eigenvalue weighted by Crippen LogP contribution is -2.27. The zero-order valence-corrected chi connectivity index (χ0v) is 9.91. The largest absolute Gasteiger partial charge is 0.436 e. The second-order valence-corrected chi connectivity index (χ2v) is 4.21. The predicted molar refractivity (Wildman–Crippen MR) is 62.2 cm³/mol. The van der Waals surface area contributed by atoms with Gasteiger partial charge in [0.05, 0.1) is 5.02 Å². The van der Waals surface area contributed by atoms with Crippen molar-refractivity contribution >= 4 is 22.7 Å². The molecule has 2 atom stereocenters. The van der Waals surface area contributed by atoms with Gasteiger partial charge in [-0.15, -0.1) is 0 Å². The van der Waals surface area contributed by atoms with Crippen molar-refractivity contribution in [3.8, 4) is 0 Å². The molecule has 1 heterocycles. The quantitative estimate of drug-likeness (QED) is 0.887. The summed E-state index contributed by atoms with van der Waals surface area (Å²) in [5, 5.41) is 9.95. The van der Waals surface area contributed by atoms with E-state index in [0.29, 0.717) is 6.42 Å². The van der Waals surface area contributed by atoms with Gasteiger partial charge in [-0.2, -0.15) is 0 Å². The molecule has 17 heavy (non-hydrogen) atoms. The Morgan fingerprint density at radius 3 is 2.94 bits per heavy atom. The van der Waals surface area contributed by atoms with Gasteiger partial charge < -0.3 is 15.3 Å². The molecule has 2 aromatic rings. The highest BCUT2D eigenvalue weighted by atomic mass is 35.5. The summed E-state index contributed by atoms with van der Waals surface area (Å²) in [5.74, 6) is -0.446. The Balaban J connectivity index is 2.48. The van der Waals surface area contributed by atoms with Gasteiger partial charge in [-0.05, 0) is 12.5 Å². The number of rotatable bonds is 3. The molecule has 1 aromatic carbocycles. The fraction of sp³-hybridized carbons (Fsp3) is 0.364. The molecule has 0 spiro atoms. The van der Waals surface area contributed by atoms with Crippen molar-refractivity contribution in [2.24, 2.45) is 5.73 Å². The smallest absolute Gasteiger partial charge is 0.226 e. The third-order valence-corrected chi connectivity index (χ3v) is 2.84. The summed E-state index contributed by atoms with van der Waals surface area (Å²) in [7, 11) is 0. The van der Waals surface area contributed by atoms with Gasteiger partial charge in [-0.25, -0.2) is 9.37 Å². The number of hydrogen-bond donors (Lipinski definition) is 2. The third kappa shape index (κ3) is 2.26. The first-order chi connectivity index (χ1) is 8.02. The van der Waals surface area contributed by atoms with Gasteiger partial charge in [0.15, 0.2) is 5.58 Å². The van der Waals surface area contributed by atoms with Crippen molar-refractivity contribution < 1.29 is 13.9 Å². The van der Waals surface area contributed by atoms with E-state index in [4.69, 9.17) is 21.8 Å². The normalized spacial score (nSPS) is 15.1. The first kappa shape index (κ1) is 12.3. The van der Waals surface area contributed by atoms with E-state index in [1.54, 1.807) is 0 Å². The topological polar surface area (TPSA) is 72.3 Å². The maximum atomic E-state index is 13.1. The van der Waals surface area contributed by atoms with Crippen molar-refractivity contribution in [2.45, 2.75) is 25.5 Å². The summed E-state index contributed by atoms with van der Waals surface area (Å²) < 4.78 is 18.4. The number of benzene rings is 1. The van der Waals surface area contributed by atoms with E-state index in [9.17, 15) is 9.50 Å². The van der Waals surface area contributed by atoms with Crippen LogP contribution >= 0.6 is 11.6 Å².